The standard InChI is InChI=1S/C15H22N4O2/c1-11(14(20)19-8-4-5-9-19)17-13-7-6-12(10-16-13)15(21)18(2)3/h6-7,10-11H,4-5,8-9H2,1-3H3,(H,16,17). The van der Waals surface area contributed by atoms with Crippen LogP contribution in [0.15, 0.2) is 18.3 Å². The molecule has 0 spiro atoms. The van der Waals surface area contributed by atoms with E-state index in [2.05, 4.69) is 10.3 Å². The number of aromatic nitrogens is 1. The van der Waals surface area contributed by atoms with E-state index in [1.54, 1.807) is 26.2 Å². The molecule has 0 aliphatic carbocycles. The molecule has 2 rings (SSSR count). The molecule has 6 nitrogen and oxygen atoms in total. The molecule has 0 aromatic carbocycles. The first-order chi connectivity index (χ1) is 9.99. The van der Waals surface area contributed by atoms with Crippen LogP contribution in [0.4, 0.5) is 5.82 Å². The first-order valence-electron chi connectivity index (χ1n) is 7.22. The van der Waals surface area contributed by atoms with Gasteiger partial charge >= 0.3 is 0 Å². The normalized spacial score (nSPS) is 15.7. The average Bonchev–Trinajstić information content (AvgIpc) is 3.00. The van der Waals surface area contributed by atoms with Crippen molar-refractivity contribution in [3.63, 3.8) is 0 Å². The van der Waals surface area contributed by atoms with Crippen molar-refractivity contribution in [2.24, 2.45) is 0 Å². The minimum absolute atomic E-state index is 0.0877. The highest BCUT2D eigenvalue weighted by molar-refractivity contribution is 5.93. The van der Waals surface area contributed by atoms with Crippen LogP contribution in [0, 0.1) is 0 Å². The van der Waals surface area contributed by atoms with Crippen LogP contribution in [0.1, 0.15) is 30.1 Å². The van der Waals surface area contributed by atoms with Crippen molar-refractivity contribution in [2.45, 2.75) is 25.8 Å². The minimum Gasteiger partial charge on any atom is -0.359 e. The molecule has 114 valence electrons. The number of rotatable bonds is 4. The Morgan fingerprint density at radius 3 is 2.48 bits per heavy atom. The molecule has 1 aliphatic heterocycles. The predicted molar refractivity (Wildman–Crippen MR) is 81.2 cm³/mol. The third-order valence-electron chi connectivity index (χ3n) is 3.57. The molecule has 1 saturated heterocycles. The van der Waals surface area contributed by atoms with Gasteiger partial charge < -0.3 is 15.1 Å². The molecule has 1 fully saturated rings. The van der Waals surface area contributed by atoms with Gasteiger partial charge in [-0.1, -0.05) is 0 Å². The molecule has 1 aromatic rings. The Hall–Kier alpha value is -2.11. The maximum absolute atomic E-state index is 12.2. The van der Waals surface area contributed by atoms with Gasteiger partial charge in [0, 0.05) is 33.4 Å². The maximum Gasteiger partial charge on any atom is 0.254 e. The van der Waals surface area contributed by atoms with E-state index < -0.39 is 0 Å². The molecule has 2 amide bonds. The van der Waals surface area contributed by atoms with Gasteiger partial charge in [-0.15, -0.1) is 0 Å². The predicted octanol–water partition coefficient (Wildman–Crippen LogP) is 1.21. The van der Waals surface area contributed by atoms with Crippen molar-refractivity contribution in [2.75, 3.05) is 32.5 Å². The fourth-order valence-corrected chi connectivity index (χ4v) is 2.36. The third-order valence-corrected chi connectivity index (χ3v) is 3.57. The van der Waals surface area contributed by atoms with Gasteiger partial charge in [0.15, 0.2) is 0 Å². The van der Waals surface area contributed by atoms with Crippen LogP contribution >= 0.6 is 0 Å². The molecule has 0 saturated carbocycles. The Bertz CT molecular complexity index is 507. The van der Waals surface area contributed by atoms with Crippen LogP contribution in [0.25, 0.3) is 0 Å². The van der Waals surface area contributed by atoms with Crippen LogP contribution in [0.3, 0.4) is 0 Å². The van der Waals surface area contributed by atoms with Gasteiger partial charge in [-0.25, -0.2) is 4.98 Å². The summed E-state index contributed by atoms with van der Waals surface area (Å²) in [5.74, 6) is 0.614. The van der Waals surface area contributed by atoms with Crippen molar-refractivity contribution >= 4 is 17.6 Å². The summed E-state index contributed by atoms with van der Waals surface area (Å²) >= 11 is 0. The van der Waals surface area contributed by atoms with E-state index in [1.807, 2.05) is 11.8 Å². The fourth-order valence-electron chi connectivity index (χ4n) is 2.36. The number of hydrogen-bond acceptors (Lipinski definition) is 4. The van der Waals surface area contributed by atoms with E-state index >= 15 is 0 Å². The monoisotopic (exact) mass is 290 g/mol. The summed E-state index contributed by atoms with van der Waals surface area (Å²) in [5.41, 5.74) is 0.532. The Morgan fingerprint density at radius 2 is 1.95 bits per heavy atom. The quantitative estimate of drug-likeness (QED) is 0.905. The van der Waals surface area contributed by atoms with E-state index in [1.165, 1.54) is 11.1 Å². The van der Waals surface area contributed by atoms with Crippen LogP contribution in [-0.4, -0.2) is 59.8 Å². The van der Waals surface area contributed by atoms with E-state index in [9.17, 15) is 9.59 Å². The van der Waals surface area contributed by atoms with Gasteiger partial charge in [0.1, 0.15) is 11.9 Å². The zero-order chi connectivity index (χ0) is 15.4. The molecule has 1 aromatic heterocycles. The van der Waals surface area contributed by atoms with Crippen LogP contribution < -0.4 is 5.32 Å². The lowest BCUT2D eigenvalue weighted by molar-refractivity contribution is -0.130. The smallest absolute Gasteiger partial charge is 0.254 e. The maximum atomic E-state index is 12.2. The van der Waals surface area contributed by atoms with Crippen molar-refractivity contribution in [1.29, 1.82) is 0 Å². The second-order valence-corrected chi connectivity index (χ2v) is 5.53. The van der Waals surface area contributed by atoms with E-state index in [0.29, 0.717) is 11.4 Å². The van der Waals surface area contributed by atoms with Gasteiger partial charge in [-0.3, -0.25) is 9.59 Å². The highest BCUT2D eigenvalue weighted by atomic mass is 16.2. The lowest BCUT2D eigenvalue weighted by Crippen LogP contribution is -2.39. The van der Waals surface area contributed by atoms with E-state index in [0.717, 1.165) is 25.9 Å². The molecule has 2 heterocycles. The average molecular weight is 290 g/mol. The second-order valence-electron chi connectivity index (χ2n) is 5.53. The lowest BCUT2D eigenvalue weighted by atomic mass is 10.2. The first-order valence-corrected chi connectivity index (χ1v) is 7.22. The molecular weight excluding hydrogens is 268 g/mol. The van der Waals surface area contributed by atoms with Crippen LogP contribution in [0.2, 0.25) is 0 Å². The highest BCUT2D eigenvalue weighted by Gasteiger charge is 2.23. The minimum atomic E-state index is -0.314. The summed E-state index contributed by atoms with van der Waals surface area (Å²) in [4.78, 5) is 31.5. The van der Waals surface area contributed by atoms with E-state index in [4.69, 9.17) is 0 Å². The third kappa shape index (κ3) is 3.71. The van der Waals surface area contributed by atoms with Gasteiger partial charge in [-0.2, -0.15) is 0 Å². The van der Waals surface area contributed by atoms with Crippen LogP contribution in [-0.2, 0) is 4.79 Å². The van der Waals surface area contributed by atoms with Crippen molar-refractivity contribution in [3.8, 4) is 0 Å². The Morgan fingerprint density at radius 1 is 1.29 bits per heavy atom. The Balaban J connectivity index is 1.96. The number of anilines is 1. The molecule has 6 heteroatoms. The highest BCUT2D eigenvalue weighted by Crippen LogP contribution is 2.12. The lowest BCUT2D eigenvalue weighted by Gasteiger charge is -2.21. The summed E-state index contributed by atoms with van der Waals surface area (Å²) in [6, 6.07) is 3.13. The summed E-state index contributed by atoms with van der Waals surface area (Å²) in [6.07, 6.45) is 3.69. The van der Waals surface area contributed by atoms with Gasteiger partial charge in [0.2, 0.25) is 5.91 Å². The zero-order valence-electron chi connectivity index (χ0n) is 12.8. The zero-order valence-corrected chi connectivity index (χ0v) is 12.8. The molecule has 0 bridgehead atoms. The number of likely N-dealkylation sites (tertiary alicyclic amines) is 1. The molecule has 1 N–H and O–H groups in total. The molecule has 0 radical (unpaired) electrons. The fraction of sp³-hybridized carbons (Fsp3) is 0.533. The largest absolute Gasteiger partial charge is 0.359 e. The first kappa shape index (κ1) is 15.3. The van der Waals surface area contributed by atoms with Gasteiger partial charge in [-0.05, 0) is 31.9 Å². The number of hydrogen-bond donors (Lipinski definition) is 1. The van der Waals surface area contributed by atoms with Gasteiger partial charge in [0.05, 0.1) is 5.56 Å². The molecule has 1 aliphatic rings. The summed E-state index contributed by atoms with van der Waals surface area (Å²) in [6.45, 7) is 3.52. The van der Waals surface area contributed by atoms with Crippen LogP contribution in [0.5, 0.6) is 0 Å². The van der Waals surface area contributed by atoms with E-state index in [-0.39, 0.29) is 17.9 Å². The van der Waals surface area contributed by atoms with Gasteiger partial charge in [0.25, 0.3) is 5.91 Å². The summed E-state index contributed by atoms with van der Waals surface area (Å²) < 4.78 is 0. The summed E-state index contributed by atoms with van der Waals surface area (Å²) in [5, 5.41) is 3.09. The number of nitrogens with zero attached hydrogens (tertiary/aromatic N) is 3. The second kappa shape index (κ2) is 6.56. The van der Waals surface area contributed by atoms with Crippen molar-refractivity contribution in [1.82, 2.24) is 14.8 Å². The number of carbonyl (C=O) groups is 2. The SMILES string of the molecule is CC(Nc1ccc(C(=O)N(C)C)cn1)C(=O)N1CCCC1. The van der Waals surface area contributed by atoms with Crippen molar-refractivity contribution in [3.05, 3.63) is 23.9 Å². The number of nitrogens with one attached hydrogen (secondary N) is 1. The summed E-state index contributed by atoms with van der Waals surface area (Å²) in [7, 11) is 3.40. The molecular formula is C15H22N4O2. The Kier molecular flexibility index (Phi) is 4.77. The number of amides is 2. The Labute approximate surface area is 125 Å². The molecule has 1 unspecified atom stereocenters. The topological polar surface area (TPSA) is 65.5 Å². The number of pyridine rings is 1. The number of carbonyl (C=O) groups excluding carboxylic acids is 2. The molecule has 21 heavy (non-hydrogen) atoms. The van der Waals surface area contributed by atoms with Crippen molar-refractivity contribution < 1.29 is 9.59 Å². The molecule has 1 atom stereocenters.